The van der Waals surface area contributed by atoms with E-state index in [0.717, 1.165) is 12.8 Å². The van der Waals surface area contributed by atoms with Crippen molar-refractivity contribution in [1.29, 1.82) is 0 Å². The van der Waals surface area contributed by atoms with Crippen molar-refractivity contribution in [2.24, 2.45) is 0 Å². The second-order valence-electron chi connectivity index (χ2n) is 6.24. The van der Waals surface area contributed by atoms with Crippen molar-refractivity contribution in [2.45, 2.75) is 38.0 Å². The number of hydrogen-bond donors (Lipinski definition) is 0. The van der Waals surface area contributed by atoms with E-state index in [4.69, 9.17) is 0 Å². The molecule has 0 aromatic heterocycles. The molecule has 0 radical (unpaired) electrons. The van der Waals surface area contributed by atoms with Gasteiger partial charge in [0.1, 0.15) is 0 Å². The summed E-state index contributed by atoms with van der Waals surface area (Å²) in [4.78, 5) is 0. The van der Waals surface area contributed by atoms with E-state index < -0.39 is 0 Å². The van der Waals surface area contributed by atoms with Crippen LogP contribution in [0.4, 0.5) is 0 Å². The lowest BCUT2D eigenvalue weighted by molar-refractivity contribution is 0.584. The largest absolute Gasteiger partial charge is 0.103 e. The molecule has 3 rings (SSSR count). The predicted molar refractivity (Wildman–Crippen MR) is 96.3 cm³/mol. The average Bonchev–Trinajstić information content (AvgIpc) is 2.59. The van der Waals surface area contributed by atoms with Crippen molar-refractivity contribution in [3.63, 3.8) is 0 Å². The van der Waals surface area contributed by atoms with Gasteiger partial charge in [0.15, 0.2) is 0 Å². The Morgan fingerprint density at radius 1 is 1.00 bits per heavy atom. The molecule has 0 aliphatic heterocycles. The van der Waals surface area contributed by atoms with Crippen LogP contribution >= 0.6 is 0 Å². The SMILES string of the molecule is C=CCCc1ccc(C2CCc3cc(C=C)ccc3C2)cc1. The first-order valence-corrected chi connectivity index (χ1v) is 8.24. The van der Waals surface area contributed by atoms with Crippen LogP contribution in [0.1, 0.15) is 46.6 Å². The van der Waals surface area contributed by atoms with Gasteiger partial charge in [0, 0.05) is 0 Å². The van der Waals surface area contributed by atoms with Crippen molar-refractivity contribution in [1.82, 2.24) is 0 Å². The summed E-state index contributed by atoms with van der Waals surface area (Å²) in [6.07, 6.45) is 9.68. The van der Waals surface area contributed by atoms with Crippen LogP contribution < -0.4 is 0 Å². The summed E-state index contributed by atoms with van der Waals surface area (Å²) in [7, 11) is 0. The van der Waals surface area contributed by atoms with Gasteiger partial charge < -0.3 is 0 Å². The zero-order chi connectivity index (χ0) is 15.4. The van der Waals surface area contributed by atoms with Crippen LogP contribution in [0.5, 0.6) is 0 Å². The smallest absolute Gasteiger partial charge is 0.0118 e. The fourth-order valence-electron chi connectivity index (χ4n) is 3.41. The van der Waals surface area contributed by atoms with Gasteiger partial charge in [-0.15, -0.1) is 6.58 Å². The van der Waals surface area contributed by atoms with Gasteiger partial charge >= 0.3 is 0 Å². The third kappa shape index (κ3) is 3.22. The highest BCUT2D eigenvalue weighted by molar-refractivity contribution is 5.51. The van der Waals surface area contributed by atoms with Crippen LogP contribution in [0.15, 0.2) is 61.7 Å². The van der Waals surface area contributed by atoms with Gasteiger partial charge in [-0.3, -0.25) is 0 Å². The Labute approximate surface area is 134 Å². The molecular weight excluding hydrogens is 264 g/mol. The molecule has 1 unspecified atom stereocenters. The molecule has 22 heavy (non-hydrogen) atoms. The maximum atomic E-state index is 3.87. The highest BCUT2D eigenvalue weighted by Gasteiger charge is 2.20. The lowest BCUT2D eigenvalue weighted by atomic mass is 9.79. The maximum Gasteiger partial charge on any atom is -0.0118 e. The predicted octanol–water partition coefficient (Wildman–Crippen LogP) is 5.72. The monoisotopic (exact) mass is 288 g/mol. The molecule has 1 aliphatic carbocycles. The molecule has 0 saturated heterocycles. The Morgan fingerprint density at radius 2 is 1.82 bits per heavy atom. The molecule has 0 N–H and O–H groups in total. The highest BCUT2D eigenvalue weighted by atomic mass is 14.2. The van der Waals surface area contributed by atoms with Crippen LogP contribution in [0.2, 0.25) is 0 Å². The Hall–Kier alpha value is -2.08. The zero-order valence-corrected chi connectivity index (χ0v) is 13.2. The van der Waals surface area contributed by atoms with Gasteiger partial charge in [0.05, 0.1) is 0 Å². The van der Waals surface area contributed by atoms with Crippen LogP contribution in [0.3, 0.4) is 0 Å². The Kier molecular flexibility index (Phi) is 4.58. The van der Waals surface area contributed by atoms with Gasteiger partial charge in [-0.25, -0.2) is 0 Å². The molecule has 112 valence electrons. The summed E-state index contributed by atoms with van der Waals surface area (Å²) in [5, 5.41) is 0. The second-order valence-corrected chi connectivity index (χ2v) is 6.24. The summed E-state index contributed by atoms with van der Waals surface area (Å²) in [6.45, 7) is 7.66. The van der Waals surface area contributed by atoms with Gasteiger partial charge in [-0.1, -0.05) is 61.2 Å². The topological polar surface area (TPSA) is 0 Å². The van der Waals surface area contributed by atoms with Gasteiger partial charge in [0.25, 0.3) is 0 Å². The summed E-state index contributed by atoms with van der Waals surface area (Å²) >= 11 is 0. The molecule has 0 bridgehead atoms. The second kappa shape index (κ2) is 6.79. The first-order chi connectivity index (χ1) is 10.8. The Morgan fingerprint density at radius 3 is 2.55 bits per heavy atom. The summed E-state index contributed by atoms with van der Waals surface area (Å²) in [6, 6.07) is 16.0. The molecule has 0 fully saturated rings. The number of fused-ring (bicyclic) bond motifs is 1. The number of aryl methyl sites for hydroxylation is 2. The van der Waals surface area contributed by atoms with Crippen LogP contribution in [0.25, 0.3) is 6.08 Å². The Balaban J connectivity index is 1.73. The van der Waals surface area contributed by atoms with E-state index in [1.807, 2.05) is 12.2 Å². The van der Waals surface area contributed by atoms with E-state index in [-0.39, 0.29) is 0 Å². The minimum atomic E-state index is 0.663. The van der Waals surface area contributed by atoms with Crippen molar-refractivity contribution in [3.8, 4) is 0 Å². The van der Waals surface area contributed by atoms with Crippen molar-refractivity contribution in [2.75, 3.05) is 0 Å². The fourth-order valence-corrected chi connectivity index (χ4v) is 3.41. The standard InChI is InChI=1S/C22H24/c1-3-5-6-18-8-10-19(11-9-18)21-14-13-20-15-17(4-2)7-12-22(20)16-21/h3-4,7-12,15,21H,1-2,5-6,13-14,16H2. The van der Waals surface area contributed by atoms with E-state index in [0.29, 0.717) is 5.92 Å². The highest BCUT2D eigenvalue weighted by Crippen LogP contribution is 2.33. The minimum absolute atomic E-state index is 0.663. The minimum Gasteiger partial charge on any atom is -0.103 e. The van der Waals surface area contributed by atoms with Crippen molar-refractivity contribution >= 4 is 6.08 Å². The normalized spacial score (nSPS) is 16.8. The third-order valence-corrected chi connectivity index (χ3v) is 4.78. The lowest BCUT2D eigenvalue weighted by Gasteiger charge is -2.25. The average molecular weight is 288 g/mol. The lowest BCUT2D eigenvalue weighted by Crippen LogP contribution is -2.13. The molecule has 2 aromatic carbocycles. The van der Waals surface area contributed by atoms with E-state index in [9.17, 15) is 0 Å². The number of benzene rings is 2. The number of hydrogen-bond acceptors (Lipinski definition) is 0. The fraction of sp³-hybridized carbons (Fsp3) is 0.273. The Bertz CT molecular complexity index is 661. The van der Waals surface area contributed by atoms with Crippen molar-refractivity contribution in [3.05, 3.63) is 89.5 Å². The first-order valence-electron chi connectivity index (χ1n) is 8.24. The van der Waals surface area contributed by atoms with E-state index in [2.05, 4.69) is 55.6 Å². The molecule has 1 aliphatic rings. The van der Waals surface area contributed by atoms with Gasteiger partial charge in [-0.05, 0) is 65.8 Å². The summed E-state index contributed by atoms with van der Waals surface area (Å²) in [5.74, 6) is 0.663. The van der Waals surface area contributed by atoms with Gasteiger partial charge in [0.2, 0.25) is 0 Å². The van der Waals surface area contributed by atoms with Crippen LogP contribution in [-0.2, 0) is 19.3 Å². The van der Waals surface area contributed by atoms with Gasteiger partial charge in [-0.2, -0.15) is 0 Å². The zero-order valence-electron chi connectivity index (χ0n) is 13.2. The molecule has 0 saturated carbocycles. The molecular formula is C22H24. The molecule has 1 atom stereocenters. The number of rotatable bonds is 5. The summed E-state index contributed by atoms with van der Waals surface area (Å²) in [5.41, 5.74) is 7.16. The molecule has 0 heteroatoms. The molecule has 2 aromatic rings. The molecule has 0 amide bonds. The molecule has 0 heterocycles. The van der Waals surface area contributed by atoms with Crippen LogP contribution in [-0.4, -0.2) is 0 Å². The molecule has 0 spiro atoms. The van der Waals surface area contributed by atoms with E-state index in [1.165, 1.54) is 47.1 Å². The quantitative estimate of drug-likeness (QED) is 0.617. The van der Waals surface area contributed by atoms with Crippen molar-refractivity contribution < 1.29 is 0 Å². The van der Waals surface area contributed by atoms with E-state index in [1.54, 1.807) is 0 Å². The number of allylic oxidation sites excluding steroid dienone is 1. The molecule has 0 nitrogen and oxygen atoms in total. The van der Waals surface area contributed by atoms with Crippen LogP contribution in [0, 0.1) is 0 Å². The maximum absolute atomic E-state index is 3.87. The third-order valence-electron chi connectivity index (χ3n) is 4.78. The first kappa shape index (κ1) is 14.8. The summed E-state index contributed by atoms with van der Waals surface area (Å²) < 4.78 is 0. The van der Waals surface area contributed by atoms with E-state index >= 15 is 0 Å².